The van der Waals surface area contributed by atoms with Gasteiger partial charge in [0.25, 0.3) is 5.91 Å². The summed E-state index contributed by atoms with van der Waals surface area (Å²) in [5.41, 5.74) is 0.418. The van der Waals surface area contributed by atoms with Crippen molar-refractivity contribution in [1.82, 2.24) is 0 Å². The Bertz CT molecular complexity index is 989. The third-order valence-corrected chi connectivity index (χ3v) is 4.84. The summed E-state index contributed by atoms with van der Waals surface area (Å²) in [4.78, 5) is 15.0. The first-order valence-corrected chi connectivity index (χ1v) is 9.26. The Labute approximate surface area is 169 Å². The largest absolute Gasteiger partial charge is 0.496 e. The number of carbonyl (C=O) groups is 1. The van der Waals surface area contributed by atoms with Gasteiger partial charge >= 0.3 is 0 Å². The average molecular weight is 394 g/mol. The highest BCUT2D eigenvalue weighted by Gasteiger charge is 2.52. The van der Waals surface area contributed by atoms with Crippen molar-refractivity contribution < 1.29 is 14.6 Å². The molecule has 28 heavy (non-hydrogen) atoms. The molecule has 1 aliphatic heterocycles. The van der Waals surface area contributed by atoms with Gasteiger partial charge in [0, 0.05) is 17.0 Å². The maximum atomic E-state index is 13.5. The zero-order valence-electron chi connectivity index (χ0n) is 15.4. The van der Waals surface area contributed by atoms with Crippen LogP contribution in [0.5, 0.6) is 5.75 Å². The number of nitrogens with zero attached hydrogens (tertiary/aromatic N) is 1. The number of fused-ring (bicyclic) bond motifs is 1. The summed E-state index contributed by atoms with van der Waals surface area (Å²) in [6.07, 6.45) is 10.5. The van der Waals surface area contributed by atoms with Gasteiger partial charge < -0.3 is 14.7 Å². The summed E-state index contributed by atoms with van der Waals surface area (Å²) in [6, 6.07) is 14.1. The first-order valence-electron chi connectivity index (χ1n) is 8.73. The third-order valence-electron chi connectivity index (χ3n) is 4.67. The standard InChI is InChI=1S/C23H20ClNO3/c1-3-9-17(10-8-15-24)16-25-20-13-6-4-11-18(20)23(27,22(25)26)19-12-5-7-14-21(19)28-2/h1,4-14,27H,15-16H2,2H3/b10-8-,17-9+. The van der Waals surface area contributed by atoms with E-state index in [1.54, 1.807) is 60.7 Å². The number of anilines is 1. The monoisotopic (exact) mass is 393 g/mol. The molecule has 2 aromatic rings. The first kappa shape index (κ1) is 19.8. The number of ether oxygens (including phenoxy) is 1. The predicted molar refractivity (Wildman–Crippen MR) is 112 cm³/mol. The van der Waals surface area contributed by atoms with E-state index in [0.717, 1.165) is 5.57 Å². The number of methoxy groups -OCH3 is 1. The summed E-state index contributed by atoms with van der Waals surface area (Å²) >= 11 is 5.73. The second-order valence-electron chi connectivity index (χ2n) is 6.26. The number of benzene rings is 2. The Morgan fingerprint density at radius 3 is 2.61 bits per heavy atom. The van der Waals surface area contributed by atoms with Crippen LogP contribution in [0.3, 0.4) is 0 Å². The van der Waals surface area contributed by atoms with Crippen molar-refractivity contribution in [3.63, 3.8) is 0 Å². The van der Waals surface area contributed by atoms with Gasteiger partial charge in [-0.3, -0.25) is 4.79 Å². The first-order chi connectivity index (χ1) is 13.6. The molecule has 1 aliphatic rings. The Kier molecular flexibility index (Phi) is 5.89. The Morgan fingerprint density at radius 2 is 1.93 bits per heavy atom. The minimum atomic E-state index is -1.85. The summed E-state index contributed by atoms with van der Waals surface area (Å²) in [6.45, 7) is 0.213. The number of alkyl halides is 1. The van der Waals surface area contributed by atoms with Crippen LogP contribution >= 0.6 is 11.6 Å². The SMILES string of the molecule is C#C/C=C(\C=C/CCl)CN1C(=O)C(O)(c2ccccc2OC)c2ccccc21. The van der Waals surface area contributed by atoms with E-state index in [0.29, 0.717) is 28.4 Å². The maximum absolute atomic E-state index is 13.5. The molecule has 0 saturated heterocycles. The summed E-state index contributed by atoms with van der Waals surface area (Å²) < 4.78 is 5.40. The van der Waals surface area contributed by atoms with Gasteiger partial charge in [-0.25, -0.2) is 0 Å². The highest BCUT2D eigenvalue weighted by atomic mass is 35.5. The zero-order chi connectivity index (χ0) is 20.1. The van der Waals surface area contributed by atoms with Crippen LogP contribution in [-0.2, 0) is 10.4 Å². The van der Waals surface area contributed by atoms with E-state index >= 15 is 0 Å². The van der Waals surface area contributed by atoms with Crippen LogP contribution in [0.2, 0.25) is 0 Å². The smallest absolute Gasteiger partial charge is 0.268 e. The van der Waals surface area contributed by atoms with Crippen molar-refractivity contribution >= 4 is 23.2 Å². The van der Waals surface area contributed by atoms with E-state index in [-0.39, 0.29) is 6.54 Å². The van der Waals surface area contributed by atoms with Gasteiger partial charge in [0.05, 0.1) is 19.3 Å². The fourth-order valence-electron chi connectivity index (χ4n) is 3.43. The average Bonchev–Trinajstić information content (AvgIpc) is 2.95. The van der Waals surface area contributed by atoms with Crippen LogP contribution in [0.15, 0.2) is 72.3 Å². The number of hydrogen-bond acceptors (Lipinski definition) is 3. The molecule has 0 saturated carbocycles. The van der Waals surface area contributed by atoms with Crippen LogP contribution in [0, 0.1) is 12.3 Å². The molecular weight excluding hydrogens is 374 g/mol. The number of terminal acetylenes is 1. The molecule has 0 spiro atoms. The molecule has 0 aromatic heterocycles. The fourth-order valence-corrected chi connectivity index (χ4v) is 3.52. The number of hydrogen-bond donors (Lipinski definition) is 1. The number of aliphatic hydroxyl groups is 1. The van der Waals surface area contributed by atoms with E-state index in [1.165, 1.54) is 12.0 Å². The van der Waals surface area contributed by atoms with Gasteiger partial charge in [0.1, 0.15) is 5.75 Å². The maximum Gasteiger partial charge on any atom is 0.268 e. The van der Waals surface area contributed by atoms with Gasteiger partial charge in [-0.2, -0.15) is 0 Å². The molecule has 0 radical (unpaired) electrons. The zero-order valence-corrected chi connectivity index (χ0v) is 16.2. The van der Waals surface area contributed by atoms with E-state index < -0.39 is 11.5 Å². The van der Waals surface area contributed by atoms with Gasteiger partial charge in [0.2, 0.25) is 0 Å². The lowest BCUT2D eigenvalue weighted by Gasteiger charge is -2.25. The molecule has 0 aliphatic carbocycles. The van der Waals surface area contributed by atoms with Gasteiger partial charge in [-0.15, -0.1) is 18.0 Å². The van der Waals surface area contributed by atoms with Crippen LogP contribution in [0.4, 0.5) is 5.69 Å². The predicted octanol–water partition coefficient (Wildman–Crippen LogP) is 3.63. The van der Waals surface area contributed by atoms with Crippen molar-refractivity contribution in [2.24, 2.45) is 0 Å². The third kappa shape index (κ3) is 3.31. The number of para-hydroxylation sites is 2. The number of halogens is 1. The van der Waals surface area contributed by atoms with Gasteiger partial charge in [-0.1, -0.05) is 54.5 Å². The molecule has 142 valence electrons. The second-order valence-corrected chi connectivity index (χ2v) is 6.57. The summed E-state index contributed by atoms with van der Waals surface area (Å²) in [5.74, 6) is 2.80. The number of amides is 1. The Morgan fingerprint density at radius 1 is 1.25 bits per heavy atom. The second kappa shape index (κ2) is 8.35. The minimum Gasteiger partial charge on any atom is -0.496 e. The van der Waals surface area contributed by atoms with E-state index in [4.69, 9.17) is 22.8 Å². The van der Waals surface area contributed by atoms with Crippen molar-refractivity contribution in [2.75, 3.05) is 24.4 Å². The minimum absolute atomic E-state index is 0.213. The molecular formula is C23H20ClNO3. The Hall–Kier alpha value is -3.00. The van der Waals surface area contributed by atoms with Crippen molar-refractivity contribution in [3.8, 4) is 18.1 Å². The lowest BCUT2D eigenvalue weighted by molar-refractivity contribution is -0.132. The number of carbonyl (C=O) groups excluding carboxylic acids is 1. The molecule has 5 heteroatoms. The highest BCUT2D eigenvalue weighted by molar-refractivity contribution is 6.18. The molecule has 4 nitrogen and oxygen atoms in total. The molecule has 1 N–H and O–H groups in total. The van der Waals surface area contributed by atoms with Crippen molar-refractivity contribution in [2.45, 2.75) is 5.60 Å². The van der Waals surface area contributed by atoms with Crippen LogP contribution in [0.25, 0.3) is 0 Å². The van der Waals surface area contributed by atoms with Crippen molar-refractivity contribution in [3.05, 3.63) is 83.5 Å². The lowest BCUT2D eigenvalue weighted by Crippen LogP contribution is -2.42. The van der Waals surface area contributed by atoms with E-state index in [2.05, 4.69) is 5.92 Å². The van der Waals surface area contributed by atoms with E-state index in [9.17, 15) is 9.90 Å². The number of allylic oxidation sites excluding steroid dienone is 2. The van der Waals surface area contributed by atoms with Gasteiger partial charge in [0.15, 0.2) is 5.60 Å². The molecule has 2 aromatic carbocycles. The van der Waals surface area contributed by atoms with Gasteiger partial charge in [-0.05, 0) is 23.8 Å². The number of rotatable bonds is 6. The van der Waals surface area contributed by atoms with E-state index in [1.807, 2.05) is 6.07 Å². The molecule has 0 bridgehead atoms. The molecule has 1 atom stereocenters. The van der Waals surface area contributed by atoms with Crippen LogP contribution in [-0.4, -0.2) is 30.5 Å². The molecule has 0 fully saturated rings. The van der Waals surface area contributed by atoms with Crippen LogP contribution in [0.1, 0.15) is 11.1 Å². The fraction of sp³-hybridized carbons (Fsp3) is 0.174. The lowest BCUT2D eigenvalue weighted by atomic mass is 9.87. The topological polar surface area (TPSA) is 49.8 Å². The Balaban J connectivity index is 2.12. The summed E-state index contributed by atoms with van der Waals surface area (Å²) in [5, 5.41) is 11.6. The molecule has 1 heterocycles. The molecule has 1 unspecified atom stereocenters. The van der Waals surface area contributed by atoms with Crippen molar-refractivity contribution in [1.29, 1.82) is 0 Å². The molecule has 1 amide bonds. The normalized spacial score (nSPS) is 19.0. The quantitative estimate of drug-likeness (QED) is 0.463. The highest BCUT2D eigenvalue weighted by Crippen LogP contribution is 2.47. The molecule has 3 rings (SSSR count). The van der Waals surface area contributed by atoms with Crippen LogP contribution < -0.4 is 9.64 Å². The summed E-state index contributed by atoms with van der Waals surface area (Å²) in [7, 11) is 1.51.